The maximum absolute atomic E-state index is 11.9. The molecule has 1 amide bonds. The van der Waals surface area contributed by atoms with E-state index in [1.54, 1.807) is 0 Å². The van der Waals surface area contributed by atoms with Crippen molar-refractivity contribution in [1.29, 1.82) is 0 Å². The Bertz CT molecular complexity index is 328. The lowest BCUT2D eigenvalue weighted by Gasteiger charge is -2.32. The van der Waals surface area contributed by atoms with Gasteiger partial charge in [-0.2, -0.15) is 0 Å². The molecular formula is C18H37Cl2N3O. The summed E-state index contributed by atoms with van der Waals surface area (Å²) in [5, 5.41) is 6.53. The summed E-state index contributed by atoms with van der Waals surface area (Å²) in [6.07, 6.45) is 6.78. The number of rotatable bonds is 8. The van der Waals surface area contributed by atoms with Crippen molar-refractivity contribution in [3.8, 4) is 0 Å². The summed E-state index contributed by atoms with van der Waals surface area (Å²) in [5.41, 5.74) is 0. The van der Waals surface area contributed by atoms with Crippen molar-refractivity contribution in [2.75, 3.05) is 39.3 Å². The molecule has 0 aromatic heterocycles. The summed E-state index contributed by atoms with van der Waals surface area (Å²) in [7, 11) is 0. The van der Waals surface area contributed by atoms with Crippen LogP contribution < -0.4 is 10.6 Å². The molecule has 24 heavy (non-hydrogen) atoms. The zero-order valence-corrected chi connectivity index (χ0v) is 17.0. The molecule has 2 fully saturated rings. The predicted octanol–water partition coefficient (Wildman–Crippen LogP) is 3.09. The highest BCUT2D eigenvalue weighted by Crippen LogP contribution is 2.18. The summed E-state index contributed by atoms with van der Waals surface area (Å²) in [4.78, 5) is 14.5. The lowest BCUT2D eigenvalue weighted by Crippen LogP contribution is -2.39. The van der Waals surface area contributed by atoms with Gasteiger partial charge in [-0.25, -0.2) is 0 Å². The summed E-state index contributed by atoms with van der Waals surface area (Å²) in [5.74, 6) is 2.46. The fourth-order valence-corrected chi connectivity index (χ4v) is 3.50. The van der Waals surface area contributed by atoms with Crippen LogP contribution in [0.2, 0.25) is 0 Å². The number of carbonyl (C=O) groups is 1. The van der Waals surface area contributed by atoms with E-state index in [9.17, 15) is 4.79 Å². The van der Waals surface area contributed by atoms with Crippen LogP contribution in [0, 0.1) is 17.8 Å². The Morgan fingerprint density at radius 2 is 1.88 bits per heavy atom. The van der Waals surface area contributed by atoms with Crippen LogP contribution in [0.1, 0.15) is 52.4 Å². The van der Waals surface area contributed by atoms with Crippen molar-refractivity contribution in [2.24, 2.45) is 17.8 Å². The fourth-order valence-electron chi connectivity index (χ4n) is 3.50. The first-order valence-corrected chi connectivity index (χ1v) is 9.33. The summed E-state index contributed by atoms with van der Waals surface area (Å²) in [6, 6.07) is 0. The molecule has 0 saturated carbocycles. The average molecular weight is 382 g/mol. The summed E-state index contributed by atoms with van der Waals surface area (Å²) < 4.78 is 0. The Morgan fingerprint density at radius 1 is 1.17 bits per heavy atom. The Balaban J connectivity index is 0.00000264. The molecular weight excluding hydrogens is 345 g/mol. The minimum Gasteiger partial charge on any atom is -0.356 e. The predicted molar refractivity (Wildman–Crippen MR) is 106 cm³/mol. The third-order valence-electron chi connectivity index (χ3n) is 5.26. The molecule has 0 radical (unpaired) electrons. The van der Waals surface area contributed by atoms with E-state index in [-0.39, 0.29) is 30.7 Å². The second-order valence-corrected chi connectivity index (χ2v) is 7.67. The van der Waals surface area contributed by atoms with Gasteiger partial charge in [-0.1, -0.05) is 13.8 Å². The number of hydrogen-bond acceptors (Lipinski definition) is 3. The monoisotopic (exact) mass is 381 g/mol. The zero-order valence-electron chi connectivity index (χ0n) is 15.4. The van der Waals surface area contributed by atoms with E-state index in [4.69, 9.17) is 0 Å². The Hall–Kier alpha value is -0.0300. The number of nitrogens with one attached hydrogen (secondary N) is 2. The van der Waals surface area contributed by atoms with Crippen molar-refractivity contribution in [1.82, 2.24) is 15.5 Å². The third kappa shape index (κ3) is 9.45. The molecule has 0 spiro atoms. The van der Waals surface area contributed by atoms with Crippen LogP contribution >= 0.6 is 24.8 Å². The normalized spacial score (nSPS) is 22.0. The molecule has 0 aromatic rings. The molecule has 2 saturated heterocycles. The molecule has 1 unspecified atom stereocenters. The van der Waals surface area contributed by atoms with Crippen molar-refractivity contribution in [2.45, 2.75) is 52.4 Å². The van der Waals surface area contributed by atoms with E-state index in [1.165, 1.54) is 45.3 Å². The SMILES string of the molecule is CC(C)CCN1CCC(CNC(=O)CCC2CCNC2)CC1.Cl.Cl. The summed E-state index contributed by atoms with van der Waals surface area (Å²) >= 11 is 0. The highest BCUT2D eigenvalue weighted by Gasteiger charge is 2.20. The lowest BCUT2D eigenvalue weighted by molar-refractivity contribution is -0.121. The Kier molecular flexibility index (Phi) is 13.2. The largest absolute Gasteiger partial charge is 0.356 e. The number of amides is 1. The van der Waals surface area contributed by atoms with Crippen LogP contribution in [0.5, 0.6) is 0 Å². The standard InChI is InChI=1S/C18H35N3O.2ClH/c1-15(2)6-10-21-11-7-17(8-12-21)14-20-18(22)4-3-16-5-9-19-13-16;;/h15-17,19H,3-14H2,1-2H3,(H,20,22);2*1H. The first kappa shape index (κ1) is 24.0. The molecule has 1 atom stereocenters. The van der Waals surface area contributed by atoms with Gasteiger partial charge >= 0.3 is 0 Å². The van der Waals surface area contributed by atoms with Gasteiger partial charge in [0.15, 0.2) is 0 Å². The molecule has 2 aliphatic rings. The van der Waals surface area contributed by atoms with Crippen LogP contribution in [0.4, 0.5) is 0 Å². The molecule has 2 rings (SSSR count). The first-order chi connectivity index (χ1) is 10.6. The lowest BCUT2D eigenvalue weighted by atomic mass is 9.96. The highest BCUT2D eigenvalue weighted by molar-refractivity contribution is 5.85. The quantitative estimate of drug-likeness (QED) is 0.678. The smallest absolute Gasteiger partial charge is 0.220 e. The van der Waals surface area contributed by atoms with E-state index < -0.39 is 0 Å². The molecule has 4 nitrogen and oxygen atoms in total. The van der Waals surface area contributed by atoms with E-state index in [2.05, 4.69) is 29.4 Å². The number of hydrogen-bond donors (Lipinski definition) is 2. The fraction of sp³-hybridized carbons (Fsp3) is 0.944. The maximum Gasteiger partial charge on any atom is 0.220 e. The molecule has 2 heterocycles. The van der Waals surface area contributed by atoms with Gasteiger partial charge in [0.05, 0.1) is 0 Å². The van der Waals surface area contributed by atoms with E-state index in [0.717, 1.165) is 37.9 Å². The first-order valence-electron chi connectivity index (χ1n) is 9.33. The van der Waals surface area contributed by atoms with Gasteiger partial charge < -0.3 is 15.5 Å². The number of halogens is 2. The van der Waals surface area contributed by atoms with Crippen molar-refractivity contribution >= 4 is 30.7 Å². The van der Waals surface area contributed by atoms with Crippen LogP contribution in [0.3, 0.4) is 0 Å². The minimum atomic E-state index is 0. The highest BCUT2D eigenvalue weighted by atomic mass is 35.5. The van der Waals surface area contributed by atoms with E-state index >= 15 is 0 Å². The van der Waals surface area contributed by atoms with Gasteiger partial charge in [0.2, 0.25) is 5.91 Å². The van der Waals surface area contributed by atoms with Gasteiger partial charge in [0.1, 0.15) is 0 Å². The zero-order chi connectivity index (χ0) is 15.8. The maximum atomic E-state index is 11.9. The van der Waals surface area contributed by atoms with E-state index in [0.29, 0.717) is 12.3 Å². The summed E-state index contributed by atoms with van der Waals surface area (Å²) in [6.45, 7) is 11.4. The second-order valence-electron chi connectivity index (χ2n) is 7.67. The molecule has 0 aromatic carbocycles. The van der Waals surface area contributed by atoms with Crippen LogP contribution in [-0.4, -0.2) is 50.1 Å². The number of carbonyl (C=O) groups excluding carboxylic acids is 1. The Labute approximate surface area is 160 Å². The molecule has 6 heteroatoms. The number of piperidine rings is 1. The van der Waals surface area contributed by atoms with Crippen LogP contribution in [-0.2, 0) is 4.79 Å². The van der Waals surface area contributed by atoms with Gasteiger partial charge in [-0.15, -0.1) is 24.8 Å². The molecule has 144 valence electrons. The van der Waals surface area contributed by atoms with Crippen LogP contribution in [0.15, 0.2) is 0 Å². The second kappa shape index (κ2) is 13.2. The van der Waals surface area contributed by atoms with E-state index in [1.807, 2.05) is 0 Å². The Morgan fingerprint density at radius 3 is 2.46 bits per heavy atom. The molecule has 2 N–H and O–H groups in total. The van der Waals surface area contributed by atoms with Gasteiger partial charge in [0.25, 0.3) is 0 Å². The molecule has 0 bridgehead atoms. The minimum absolute atomic E-state index is 0. The van der Waals surface area contributed by atoms with Crippen LogP contribution in [0.25, 0.3) is 0 Å². The molecule has 0 aliphatic carbocycles. The molecule has 2 aliphatic heterocycles. The third-order valence-corrected chi connectivity index (χ3v) is 5.26. The van der Waals surface area contributed by atoms with Crippen molar-refractivity contribution in [3.05, 3.63) is 0 Å². The van der Waals surface area contributed by atoms with Crippen molar-refractivity contribution < 1.29 is 4.79 Å². The van der Waals surface area contributed by atoms with Gasteiger partial charge in [-0.3, -0.25) is 4.79 Å². The number of nitrogens with zero attached hydrogens (tertiary/aromatic N) is 1. The topological polar surface area (TPSA) is 44.4 Å². The van der Waals surface area contributed by atoms with Gasteiger partial charge in [0, 0.05) is 13.0 Å². The number of likely N-dealkylation sites (tertiary alicyclic amines) is 1. The average Bonchev–Trinajstić information content (AvgIpc) is 3.03. The van der Waals surface area contributed by atoms with Crippen molar-refractivity contribution in [3.63, 3.8) is 0 Å². The van der Waals surface area contributed by atoms with Gasteiger partial charge in [-0.05, 0) is 82.6 Å².